The molecule has 0 unspecified atom stereocenters. The van der Waals surface area contributed by atoms with Crippen LogP contribution in [0.3, 0.4) is 0 Å². The number of nitrogens with zero attached hydrogens (tertiary/aromatic N) is 4. The average molecular weight is 307 g/mol. The van der Waals surface area contributed by atoms with Crippen molar-refractivity contribution in [1.29, 1.82) is 0 Å². The topological polar surface area (TPSA) is 25.0 Å². The maximum Gasteiger partial charge on any atom is 0.0849 e. The normalized spacial score (nSPS) is 27.3. The molecule has 0 aliphatic carbocycles. The Bertz CT molecular complexity index is 392. The van der Waals surface area contributed by atoms with Crippen molar-refractivity contribution < 1.29 is 0 Å². The third-order valence-corrected chi connectivity index (χ3v) is 5.49. The van der Waals surface area contributed by atoms with E-state index in [1.165, 1.54) is 64.4 Å². The van der Waals surface area contributed by atoms with Crippen LogP contribution in [-0.2, 0) is 0 Å². The van der Waals surface area contributed by atoms with E-state index in [1.807, 2.05) is 0 Å². The summed E-state index contributed by atoms with van der Waals surface area (Å²) < 4.78 is 0. The van der Waals surface area contributed by atoms with Crippen LogP contribution < -0.4 is 5.32 Å². The summed E-state index contributed by atoms with van der Waals surface area (Å²) in [6.07, 6.45) is 5.13. The van der Waals surface area contributed by atoms with Gasteiger partial charge in [-0.3, -0.25) is 10.2 Å². The zero-order chi connectivity index (χ0) is 15.6. The molecule has 5 nitrogen and oxygen atoms in total. The van der Waals surface area contributed by atoms with Crippen molar-refractivity contribution in [2.45, 2.75) is 32.4 Å². The summed E-state index contributed by atoms with van der Waals surface area (Å²) in [7, 11) is 2.22. The van der Waals surface area contributed by atoms with E-state index in [4.69, 9.17) is 0 Å². The number of hydrogen-bond acceptors (Lipinski definition) is 5. The van der Waals surface area contributed by atoms with Crippen LogP contribution in [0.4, 0.5) is 0 Å². The average Bonchev–Trinajstić information content (AvgIpc) is 3.02. The maximum atomic E-state index is 3.72. The second-order valence-corrected chi connectivity index (χ2v) is 7.57. The number of rotatable bonds is 4. The summed E-state index contributed by atoms with van der Waals surface area (Å²) in [6, 6.07) is 0. The Morgan fingerprint density at radius 1 is 1.00 bits per heavy atom. The molecule has 2 fully saturated rings. The lowest BCUT2D eigenvalue weighted by atomic mass is 10.1. The van der Waals surface area contributed by atoms with E-state index >= 15 is 0 Å². The van der Waals surface area contributed by atoms with E-state index in [0.717, 1.165) is 13.1 Å². The molecule has 0 atom stereocenters. The molecule has 3 aliphatic heterocycles. The predicted molar refractivity (Wildman–Crippen MR) is 91.6 cm³/mol. The summed E-state index contributed by atoms with van der Waals surface area (Å²) in [4.78, 5) is 10.1. The minimum Gasteiger partial charge on any atom is -0.373 e. The molecule has 0 aromatic rings. The smallest absolute Gasteiger partial charge is 0.0849 e. The molecular formula is C17H33N5. The van der Waals surface area contributed by atoms with E-state index < -0.39 is 0 Å². The number of likely N-dealkylation sites (tertiary alicyclic amines) is 1. The summed E-state index contributed by atoms with van der Waals surface area (Å²) in [5, 5.41) is 3.72. The molecule has 1 N–H and O–H groups in total. The molecule has 0 aromatic heterocycles. The molecule has 2 saturated heterocycles. The highest BCUT2D eigenvalue weighted by Crippen LogP contribution is 2.22. The standard InChI is InChI=1S/C17H33N5/c1-17(2)18-14-16(21-6-4-5-7-21)15-22(17)13-12-20-10-8-19(3)9-11-20/h15,18H,4-14H2,1-3H3. The van der Waals surface area contributed by atoms with Crippen molar-refractivity contribution in [3.63, 3.8) is 0 Å². The minimum absolute atomic E-state index is 0.0653. The zero-order valence-corrected chi connectivity index (χ0v) is 14.6. The van der Waals surface area contributed by atoms with E-state index in [9.17, 15) is 0 Å². The number of hydrogen-bond donors (Lipinski definition) is 1. The molecule has 3 aliphatic rings. The lowest BCUT2D eigenvalue weighted by Gasteiger charge is -2.45. The SMILES string of the molecule is CN1CCN(CCN2C=C(N3CCCC3)CNC2(C)C)CC1. The molecule has 22 heavy (non-hydrogen) atoms. The zero-order valence-electron chi connectivity index (χ0n) is 14.6. The Morgan fingerprint density at radius 2 is 1.68 bits per heavy atom. The van der Waals surface area contributed by atoms with E-state index in [1.54, 1.807) is 0 Å². The van der Waals surface area contributed by atoms with Crippen LogP contribution in [0.25, 0.3) is 0 Å². The van der Waals surface area contributed by atoms with Crippen molar-refractivity contribution in [2.24, 2.45) is 0 Å². The van der Waals surface area contributed by atoms with Crippen LogP contribution >= 0.6 is 0 Å². The van der Waals surface area contributed by atoms with Crippen molar-refractivity contribution in [3.8, 4) is 0 Å². The van der Waals surface area contributed by atoms with E-state index in [0.29, 0.717) is 0 Å². The van der Waals surface area contributed by atoms with Crippen LogP contribution in [0.15, 0.2) is 11.9 Å². The van der Waals surface area contributed by atoms with Crippen LogP contribution in [0.5, 0.6) is 0 Å². The van der Waals surface area contributed by atoms with Crippen molar-refractivity contribution in [2.75, 3.05) is 66.0 Å². The van der Waals surface area contributed by atoms with Crippen molar-refractivity contribution in [3.05, 3.63) is 11.9 Å². The highest BCUT2D eigenvalue weighted by atomic mass is 15.4. The quantitative estimate of drug-likeness (QED) is 0.829. The van der Waals surface area contributed by atoms with E-state index in [-0.39, 0.29) is 5.66 Å². The molecule has 126 valence electrons. The van der Waals surface area contributed by atoms with Gasteiger partial charge in [-0.2, -0.15) is 0 Å². The lowest BCUT2D eigenvalue weighted by Crippen LogP contribution is -2.58. The molecule has 3 heterocycles. The first kappa shape index (κ1) is 16.1. The Morgan fingerprint density at radius 3 is 2.36 bits per heavy atom. The monoisotopic (exact) mass is 307 g/mol. The van der Waals surface area contributed by atoms with Crippen LogP contribution in [0.1, 0.15) is 26.7 Å². The molecule has 5 heteroatoms. The van der Waals surface area contributed by atoms with E-state index in [2.05, 4.69) is 52.0 Å². The Balaban J connectivity index is 1.57. The highest BCUT2D eigenvalue weighted by Gasteiger charge is 2.30. The van der Waals surface area contributed by atoms with Crippen molar-refractivity contribution >= 4 is 0 Å². The second-order valence-electron chi connectivity index (χ2n) is 7.57. The third kappa shape index (κ3) is 3.76. The Hall–Kier alpha value is -0.780. The first-order valence-corrected chi connectivity index (χ1v) is 8.93. The Labute approximate surface area is 135 Å². The number of piperazine rings is 1. The van der Waals surface area contributed by atoms with Crippen LogP contribution in [0.2, 0.25) is 0 Å². The van der Waals surface area contributed by atoms with Gasteiger partial charge in [-0.05, 0) is 33.7 Å². The van der Waals surface area contributed by atoms with Gasteiger partial charge in [0.2, 0.25) is 0 Å². The van der Waals surface area contributed by atoms with Gasteiger partial charge in [0.25, 0.3) is 0 Å². The van der Waals surface area contributed by atoms with Gasteiger partial charge in [-0.1, -0.05) is 0 Å². The molecular weight excluding hydrogens is 274 g/mol. The van der Waals surface area contributed by atoms with Gasteiger partial charge in [-0.25, -0.2) is 0 Å². The van der Waals surface area contributed by atoms with Crippen molar-refractivity contribution in [1.82, 2.24) is 24.9 Å². The lowest BCUT2D eigenvalue weighted by molar-refractivity contribution is 0.0900. The fraction of sp³-hybridized carbons (Fsp3) is 0.882. The predicted octanol–water partition coefficient (Wildman–Crippen LogP) is 0.812. The van der Waals surface area contributed by atoms with Gasteiger partial charge >= 0.3 is 0 Å². The van der Waals surface area contributed by atoms with Gasteiger partial charge in [0, 0.05) is 70.8 Å². The van der Waals surface area contributed by atoms with Gasteiger partial charge in [0.1, 0.15) is 0 Å². The molecule has 0 spiro atoms. The van der Waals surface area contributed by atoms with Gasteiger partial charge in [0.15, 0.2) is 0 Å². The molecule has 0 radical (unpaired) electrons. The maximum absolute atomic E-state index is 3.72. The first-order chi connectivity index (χ1) is 10.5. The molecule has 0 amide bonds. The summed E-state index contributed by atoms with van der Waals surface area (Å²) in [5.41, 5.74) is 1.55. The number of likely N-dealkylation sites (N-methyl/N-ethyl adjacent to an activating group) is 1. The van der Waals surface area contributed by atoms with Gasteiger partial charge in [-0.15, -0.1) is 0 Å². The fourth-order valence-electron chi connectivity index (χ4n) is 3.66. The second kappa shape index (κ2) is 6.77. The number of nitrogens with one attached hydrogen (secondary N) is 1. The first-order valence-electron chi connectivity index (χ1n) is 8.93. The summed E-state index contributed by atoms with van der Waals surface area (Å²) in [6.45, 7) is 15.2. The van der Waals surface area contributed by atoms with Gasteiger partial charge in [0.05, 0.1) is 5.66 Å². The minimum atomic E-state index is 0.0653. The largest absolute Gasteiger partial charge is 0.373 e. The molecule has 0 aromatic carbocycles. The van der Waals surface area contributed by atoms with Gasteiger partial charge < -0.3 is 14.7 Å². The third-order valence-electron chi connectivity index (χ3n) is 5.49. The summed E-state index contributed by atoms with van der Waals surface area (Å²) in [5.74, 6) is 0. The van der Waals surface area contributed by atoms with Crippen LogP contribution in [0, 0.1) is 0 Å². The Kier molecular flexibility index (Phi) is 4.95. The fourth-order valence-corrected chi connectivity index (χ4v) is 3.66. The highest BCUT2D eigenvalue weighted by molar-refractivity contribution is 5.11. The molecule has 0 saturated carbocycles. The summed E-state index contributed by atoms with van der Waals surface area (Å²) >= 11 is 0. The molecule has 0 bridgehead atoms. The van der Waals surface area contributed by atoms with Crippen LogP contribution in [-0.4, -0.2) is 91.2 Å². The molecule has 3 rings (SSSR count).